The first-order valence-corrected chi connectivity index (χ1v) is 9.75. The number of carbonyl (C=O) groups excluding carboxylic acids is 1. The molecule has 0 unspecified atom stereocenters. The van der Waals surface area contributed by atoms with Crippen LogP contribution in [0.25, 0.3) is 10.9 Å². The molecule has 1 saturated heterocycles. The van der Waals surface area contributed by atoms with Gasteiger partial charge >= 0.3 is 0 Å². The molecule has 1 aliphatic heterocycles. The molecule has 0 saturated carbocycles. The van der Waals surface area contributed by atoms with Crippen molar-refractivity contribution < 1.29 is 4.79 Å². The molecule has 2 aromatic carbocycles. The number of benzene rings is 2. The van der Waals surface area contributed by atoms with Gasteiger partial charge in [-0.15, -0.1) is 0 Å². The van der Waals surface area contributed by atoms with Crippen LogP contribution in [0.5, 0.6) is 0 Å². The summed E-state index contributed by atoms with van der Waals surface area (Å²) < 4.78 is 0. The SMILES string of the molecule is Cc1ccc(CC(=O)N2CCN(Cc3cc4ccccc4[nH]c3=O)CC2)cc1. The molecule has 0 atom stereocenters. The maximum atomic E-state index is 12.6. The van der Waals surface area contributed by atoms with Crippen molar-refractivity contribution in [3.05, 3.63) is 81.6 Å². The van der Waals surface area contributed by atoms with Crippen LogP contribution >= 0.6 is 0 Å². The fourth-order valence-electron chi connectivity index (χ4n) is 3.70. The van der Waals surface area contributed by atoms with Crippen LogP contribution in [0.15, 0.2) is 59.4 Å². The highest BCUT2D eigenvalue weighted by Crippen LogP contribution is 2.13. The number of hydrogen-bond donors (Lipinski definition) is 1. The molecule has 28 heavy (non-hydrogen) atoms. The predicted octanol–water partition coefficient (Wildman–Crippen LogP) is 2.72. The van der Waals surface area contributed by atoms with E-state index in [0.717, 1.165) is 35.1 Å². The van der Waals surface area contributed by atoms with Gasteiger partial charge < -0.3 is 9.88 Å². The van der Waals surface area contributed by atoms with Crippen LogP contribution in [-0.2, 0) is 17.8 Å². The Balaban J connectivity index is 1.35. The lowest BCUT2D eigenvalue weighted by Gasteiger charge is -2.34. The average Bonchev–Trinajstić information content (AvgIpc) is 2.71. The van der Waals surface area contributed by atoms with Crippen molar-refractivity contribution >= 4 is 16.8 Å². The van der Waals surface area contributed by atoms with Gasteiger partial charge in [0, 0.05) is 43.8 Å². The molecule has 5 heteroatoms. The number of carbonyl (C=O) groups is 1. The Morgan fingerprint density at radius 2 is 1.71 bits per heavy atom. The normalized spacial score (nSPS) is 15.1. The van der Waals surface area contributed by atoms with Gasteiger partial charge in [-0.2, -0.15) is 0 Å². The summed E-state index contributed by atoms with van der Waals surface area (Å²) in [7, 11) is 0. The summed E-state index contributed by atoms with van der Waals surface area (Å²) >= 11 is 0. The van der Waals surface area contributed by atoms with Crippen molar-refractivity contribution in [3.63, 3.8) is 0 Å². The third kappa shape index (κ3) is 4.15. The van der Waals surface area contributed by atoms with Crippen molar-refractivity contribution in [1.29, 1.82) is 0 Å². The zero-order chi connectivity index (χ0) is 19.5. The minimum atomic E-state index is -0.0309. The van der Waals surface area contributed by atoms with Crippen LogP contribution in [0.1, 0.15) is 16.7 Å². The van der Waals surface area contributed by atoms with Crippen LogP contribution < -0.4 is 5.56 Å². The third-order valence-electron chi connectivity index (χ3n) is 5.43. The number of H-pyrrole nitrogens is 1. The molecule has 1 N–H and O–H groups in total. The highest BCUT2D eigenvalue weighted by molar-refractivity contribution is 5.79. The number of nitrogens with zero attached hydrogens (tertiary/aromatic N) is 2. The van der Waals surface area contributed by atoms with Gasteiger partial charge in [-0.1, -0.05) is 48.0 Å². The Morgan fingerprint density at radius 1 is 1.00 bits per heavy atom. The number of aromatic nitrogens is 1. The molecule has 0 spiro atoms. The minimum absolute atomic E-state index is 0.0309. The molecular weight excluding hydrogens is 350 g/mol. The summed E-state index contributed by atoms with van der Waals surface area (Å²) in [6.45, 7) is 5.63. The van der Waals surface area contributed by atoms with Crippen molar-refractivity contribution in [1.82, 2.24) is 14.8 Å². The Kier molecular flexibility index (Phi) is 5.26. The van der Waals surface area contributed by atoms with E-state index in [-0.39, 0.29) is 11.5 Å². The number of rotatable bonds is 4. The zero-order valence-electron chi connectivity index (χ0n) is 16.1. The molecule has 4 rings (SSSR count). The topological polar surface area (TPSA) is 56.4 Å². The lowest BCUT2D eigenvalue weighted by atomic mass is 10.1. The highest BCUT2D eigenvalue weighted by Gasteiger charge is 2.21. The van der Waals surface area contributed by atoms with E-state index in [1.807, 2.05) is 66.4 Å². The van der Waals surface area contributed by atoms with Crippen LogP contribution in [0.4, 0.5) is 0 Å². The molecule has 0 radical (unpaired) electrons. The van der Waals surface area contributed by atoms with Gasteiger partial charge in [0.05, 0.1) is 6.42 Å². The Labute approximate surface area is 164 Å². The first-order valence-electron chi connectivity index (χ1n) is 9.75. The van der Waals surface area contributed by atoms with Gasteiger partial charge in [0.15, 0.2) is 0 Å². The maximum Gasteiger partial charge on any atom is 0.252 e. The standard InChI is InChI=1S/C23H25N3O2/c1-17-6-8-18(9-7-17)14-22(27)26-12-10-25(11-13-26)16-20-15-19-4-2-3-5-21(19)24-23(20)28/h2-9,15H,10-14,16H2,1H3,(H,24,28). The smallest absolute Gasteiger partial charge is 0.252 e. The van der Waals surface area contributed by atoms with Crippen molar-refractivity contribution in [3.8, 4) is 0 Å². The number of hydrogen-bond acceptors (Lipinski definition) is 3. The van der Waals surface area contributed by atoms with E-state index >= 15 is 0 Å². The van der Waals surface area contributed by atoms with Crippen LogP contribution in [0.3, 0.4) is 0 Å². The van der Waals surface area contributed by atoms with Gasteiger partial charge in [-0.05, 0) is 30.0 Å². The first kappa shape index (κ1) is 18.4. The van der Waals surface area contributed by atoms with E-state index in [0.29, 0.717) is 26.1 Å². The molecule has 0 aliphatic carbocycles. The van der Waals surface area contributed by atoms with E-state index in [1.165, 1.54) is 5.56 Å². The highest BCUT2D eigenvalue weighted by atomic mass is 16.2. The average molecular weight is 375 g/mol. The summed E-state index contributed by atoms with van der Waals surface area (Å²) in [4.78, 5) is 32.1. The quantitative estimate of drug-likeness (QED) is 0.763. The molecule has 5 nitrogen and oxygen atoms in total. The first-order chi connectivity index (χ1) is 13.6. The maximum absolute atomic E-state index is 12.6. The number of fused-ring (bicyclic) bond motifs is 1. The summed E-state index contributed by atoms with van der Waals surface area (Å²) in [5.41, 5.74) is 3.87. The fraction of sp³-hybridized carbons (Fsp3) is 0.304. The second-order valence-electron chi connectivity index (χ2n) is 7.53. The van der Waals surface area contributed by atoms with Gasteiger partial charge in [0.2, 0.25) is 5.91 Å². The van der Waals surface area contributed by atoms with E-state index in [9.17, 15) is 9.59 Å². The van der Waals surface area contributed by atoms with Crippen molar-refractivity contribution in [2.24, 2.45) is 0 Å². The molecule has 2 heterocycles. The number of nitrogens with one attached hydrogen (secondary N) is 1. The van der Waals surface area contributed by atoms with E-state index in [2.05, 4.69) is 9.88 Å². The molecule has 3 aromatic rings. The second-order valence-corrected chi connectivity index (χ2v) is 7.53. The number of aromatic amines is 1. The van der Waals surface area contributed by atoms with Crippen molar-refractivity contribution in [2.75, 3.05) is 26.2 Å². The Bertz CT molecular complexity index is 1030. The van der Waals surface area contributed by atoms with E-state index in [4.69, 9.17) is 0 Å². The molecule has 1 fully saturated rings. The Morgan fingerprint density at radius 3 is 2.46 bits per heavy atom. The fourth-order valence-corrected chi connectivity index (χ4v) is 3.70. The Hall–Kier alpha value is -2.92. The number of aryl methyl sites for hydroxylation is 1. The van der Waals surface area contributed by atoms with Crippen LogP contribution in [0.2, 0.25) is 0 Å². The summed E-state index contributed by atoms with van der Waals surface area (Å²) in [6, 6.07) is 17.9. The van der Waals surface area contributed by atoms with E-state index < -0.39 is 0 Å². The van der Waals surface area contributed by atoms with Gasteiger partial charge in [0.1, 0.15) is 0 Å². The van der Waals surface area contributed by atoms with E-state index in [1.54, 1.807) is 0 Å². The molecule has 1 amide bonds. The number of pyridine rings is 1. The largest absolute Gasteiger partial charge is 0.340 e. The van der Waals surface area contributed by atoms with Gasteiger partial charge in [0.25, 0.3) is 5.56 Å². The van der Waals surface area contributed by atoms with Crippen LogP contribution in [0, 0.1) is 6.92 Å². The predicted molar refractivity (Wildman–Crippen MR) is 111 cm³/mol. The molecule has 1 aromatic heterocycles. The number of piperazine rings is 1. The summed E-state index contributed by atoms with van der Waals surface area (Å²) in [6.07, 6.45) is 0.449. The van der Waals surface area contributed by atoms with Gasteiger partial charge in [-0.25, -0.2) is 0 Å². The monoisotopic (exact) mass is 375 g/mol. The summed E-state index contributed by atoms with van der Waals surface area (Å²) in [5.74, 6) is 0.173. The minimum Gasteiger partial charge on any atom is -0.340 e. The van der Waals surface area contributed by atoms with Crippen molar-refractivity contribution in [2.45, 2.75) is 19.9 Å². The second kappa shape index (κ2) is 7.98. The number of amides is 1. The van der Waals surface area contributed by atoms with Crippen LogP contribution in [-0.4, -0.2) is 46.9 Å². The third-order valence-corrected chi connectivity index (χ3v) is 5.43. The number of para-hydroxylation sites is 1. The molecule has 1 aliphatic rings. The zero-order valence-corrected chi connectivity index (χ0v) is 16.1. The molecule has 144 valence electrons. The molecular formula is C23H25N3O2. The van der Waals surface area contributed by atoms with Gasteiger partial charge in [-0.3, -0.25) is 14.5 Å². The summed E-state index contributed by atoms with van der Waals surface area (Å²) in [5, 5.41) is 1.05. The molecule has 0 bridgehead atoms. The lowest BCUT2D eigenvalue weighted by Crippen LogP contribution is -2.49. The lowest BCUT2D eigenvalue weighted by molar-refractivity contribution is -0.132.